The summed E-state index contributed by atoms with van der Waals surface area (Å²) in [4.78, 5) is 27.0. The Balaban J connectivity index is 1.24. The van der Waals surface area contributed by atoms with Gasteiger partial charge < -0.3 is 20.3 Å². The maximum atomic E-state index is 12.6. The quantitative estimate of drug-likeness (QED) is 0.713. The fraction of sp³-hybridized carbons (Fsp3) is 0.391. The first kappa shape index (κ1) is 20.8. The summed E-state index contributed by atoms with van der Waals surface area (Å²) in [7, 11) is 0. The van der Waals surface area contributed by atoms with Gasteiger partial charge >= 0.3 is 0 Å². The van der Waals surface area contributed by atoms with Crippen LogP contribution in [-0.4, -0.2) is 54.0 Å². The van der Waals surface area contributed by atoms with E-state index < -0.39 is 0 Å². The molecule has 0 radical (unpaired) electrons. The molecule has 2 aliphatic heterocycles. The van der Waals surface area contributed by atoms with Gasteiger partial charge in [-0.1, -0.05) is 30.3 Å². The molecule has 2 aromatic carbocycles. The van der Waals surface area contributed by atoms with E-state index in [0.29, 0.717) is 18.7 Å². The number of ether oxygens (including phenoxy) is 1. The van der Waals surface area contributed by atoms with E-state index >= 15 is 0 Å². The minimum atomic E-state index is -0.121. The van der Waals surface area contributed by atoms with Gasteiger partial charge in [-0.05, 0) is 42.2 Å². The second-order valence-electron chi connectivity index (χ2n) is 7.71. The molecule has 2 saturated heterocycles. The highest BCUT2D eigenvalue weighted by Crippen LogP contribution is 2.20. The molecule has 158 valence electrons. The third-order valence-corrected chi connectivity index (χ3v) is 6.44. The van der Waals surface area contributed by atoms with Crippen molar-refractivity contribution in [2.75, 3.05) is 31.3 Å². The molecule has 0 saturated carbocycles. The monoisotopic (exact) mass is 425 g/mol. The van der Waals surface area contributed by atoms with Gasteiger partial charge in [0.05, 0.1) is 11.9 Å². The highest BCUT2D eigenvalue weighted by Gasteiger charge is 2.33. The molecule has 7 heteroatoms. The summed E-state index contributed by atoms with van der Waals surface area (Å²) in [6, 6.07) is 17.0. The largest absolute Gasteiger partial charge is 0.489 e. The topological polar surface area (TPSA) is 70.7 Å². The Morgan fingerprint density at radius 3 is 2.83 bits per heavy atom. The molecule has 2 aromatic rings. The molecule has 2 atom stereocenters. The standard InChI is InChI=1S/C23H27N3O3S/c27-22(19-6-4-5-17(11-19)15-29-20-7-2-1-3-8-20)25-14-18-12-21(24-13-18)23(28)26-9-10-30-16-26/h1-8,11,18,21,24H,9-10,12-16H2,(H,25,27)/t18-,21-/m0/s1. The van der Waals surface area contributed by atoms with Crippen molar-refractivity contribution in [2.24, 2.45) is 5.92 Å². The van der Waals surface area contributed by atoms with Crippen LogP contribution in [0.25, 0.3) is 0 Å². The van der Waals surface area contributed by atoms with Crippen LogP contribution in [0, 0.1) is 5.92 Å². The predicted molar refractivity (Wildman–Crippen MR) is 118 cm³/mol. The van der Waals surface area contributed by atoms with Crippen molar-refractivity contribution in [2.45, 2.75) is 19.1 Å². The van der Waals surface area contributed by atoms with Crippen LogP contribution in [0.4, 0.5) is 0 Å². The summed E-state index contributed by atoms with van der Waals surface area (Å²) in [5.41, 5.74) is 1.57. The molecule has 0 aromatic heterocycles. The van der Waals surface area contributed by atoms with E-state index in [0.717, 1.165) is 42.5 Å². The first-order valence-electron chi connectivity index (χ1n) is 10.3. The summed E-state index contributed by atoms with van der Waals surface area (Å²) < 4.78 is 5.77. The Bertz CT molecular complexity index is 871. The summed E-state index contributed by atoms with van der Waals surface area (Å²) in [5.74, 6) is 2.98. The summed E-state index contributed by atoms with van der Waals surface area (Å²) in [6.07, 6.45) is 0.769. The van der Waals surface area contributed by atoms with Crippen molar-refractivity contribution < 1.29 is 14.3 Å². The number of carbonyl (C=O) groups is 2. The number of nitrogens with one attached hydrogen (secondary N) is 2. The van der Waals surface area contributed by atoms with Gasteiger partial charge in [0.1, 0.15) is 12.4 Å². The maximum Gasteiger partial charge on any atom is 0.251 e. The van der Waals surface area contributed by atoms with Crippen LogP contribution in [0.5, 0.6) is 5.75 Å². The molecule has 4 rings (SSSR count). The molecule has 6 nitrogen and oxygen atoms in total. The van der Waals surface area contributed by atoms with Crippen LogP contribution in [0.1, 0.15) is 22.3 Å². The van der Waals surface area contributed by atoms with Crippen molar-refractivity contribution in [3.05, 3.63) is 65.7 Å². The lowest BCUT2D eigenvalue weighted by Crippen LogP contribution is -2.42. The molecule has 0 unspecified atom stereocenters. The number of thioether (sulfide) groups is 1. The third kappa shape index (κ3) is 5.34. The highest BCUT2D eigenvalue weighted by atomic mass is 32.2. The molecule has 2 heterocycles. The van der Waals surface area contributed by atoms with E-state index in [1.165, 1.54) is 0 Å². The minimum absolute atomic E-state index is 0.0951. The van der Waals surface area contributed by atoms with Gasteiger partial charge in [0.15, 0.2) is 0 Å². The van der Waals surface area contributed by atoms with Crippen molar-refractivity contribution in [3.63, 3.8) is 0 Å². The van der Waals surface area contributed by atoms with Gasteiger partial charge in [0.25, 0.3) is 5.91 Å². The zero-order valence-corrected chi connectivity index (χ0v) is 17.7. The number of amides is 2. The van der Waals surface area contributed by atoms with Crippen LogP contribution in [0.15, 0.2) is 54.6 Å². The number of hydrogen-bond donors (Lipinski definition) is 2. The Labute approximate surface area is 181 Å². The predicted octanol–water partition coefficient (Wildman–Crippen LogP) is 2.51. The number of hydrogen-bond acceptors (Lipinski definition) is 5. The Morgan fingerprint density at radius 2 is 2.03 bits per heavy atom. The molecule has 0 spiro atoms. The second kappa shape index (κ2) is 10.00. The molecule has 30 heavy (non-hydrogen) atoms. The number of benzene rings is 2. The van der Waals surface area contributed by atoms with Gasteiger partial charge in [0, 0.05) is 31.0 Å². The van der Waals surface area contributed by atoms with Gasteiger partial charge in [-0.25, -0.2) is 0 Å². The lowest BCUT2D eigenvalue weighted by atomic mass is 10.0. The molecule has 0 bridgehead atoms. The fourth-order valence-electron chi connectivity index (χ4n) is 3.79. The minimum Gasteiger partial charge on any atom is -0.489 e. The molecule has 2 fully saturated rings. The van der Waals surface area contributed by atoms with Gasteiger partial charge in [0.2, 0.25) is 5.91 Å². The van der Waals surface area contributed by atoms with Crippen LogP contribution >= 0.6 is 11.8 Å². The van der Waals surface area contributed by atoms with Gasteiger partial charge in [-0.15, -0.1) is 11.8 Å². The average Bonchev–Trinajstić information content (AvgIpc) is 3.49. The van der Waals surface area contributed by atoms with Gasteiger partial charge in [-0.2, -0.15) is 0 Å². The SMILES string of the molecule is O=C(NC[C@@H]1CN[C@H](C(=O)N2CCSC2)C1)c1cccc(COc2ccccc2)c1. The lowest BCUT2D eigenvalue weighted by molar-refractivity contribution is -0.131. The second-order valence-corrected chi connectivity index (χ2v) is 8.79. The smallest absolute Gasteiger partial charge is 0.251 e. The van der Waals surface area contributed by atoms with E-state index in [2.05, 4.69) is 10.6 Å². The zero-order chi connectivity index (χ0) is 20.8. The van der Waals surface area contributed by atoms with E-state index in [1.54, 1.807) is 11.8 Å². The third-order valence-electron chi connectivity index (χ3n) is 5.47. The summed E-state index contributed by atoms with van der Waals surface area (Å²) in [6.45, 7) is 2.57. The number of nitrogens with zero attached hydrogens (tertiary/aromatic N) is 1. The summed E-state index contributed by atoms with van der Waals surface area (Å²) >= 11 is 1.80. The molecule has 2 amide bonds. The Morgan fingerprint density at radius 1 is 1.17 bits per heavy atom. The number of rotatable bonds is 7. The van der Waals surface area contributed by atoms with Crippen LogP contribution in [-0.2, 0) is 11.4 Å². The van der Waals surface area contributed by atoms with Crippen molar-refractivity contribution >= 4 is 23.6 Å². The van der Waals surface area contributed by atoms with E-state index in [1.807, 2.05) is 59.5 Å². The lowest BCUT2D eigenvalue weighted by Gasteiger charge is -2.19. The molecule has 2 N–H and O–H groups in total. The Hall–Kier alpha value is -2.51. The molecule has 2 aliphatic rings. The van der Waals surface area contributed by atoms with E-state index in [-0.39, 0.29) is 23.8 Å². The number of carbonyl (C=O) groups excluding carboxylic acids is 2. The highest BCUT2D eigenvalue weighted by molar-refractivity contribution is 7.99. The first-order valence-corrected chi connectivity index (χ1v) is 11.5. The normalized spacial score (nSPS) is 20.9. The van der Waals surface area contributed by atoms with Crippen molar-refractivity contribution in [3.8, 4) is 5.75 Å². The number of para-hydroxylation sites is 1. The first-order chi connectivity index (χ1) is 14.7. The fourth-order valence-corrected chi connectivity index (χ4v) is 4.74. The van der Waals surface area contributed by atoms with Crippen molar-refractivity contribution in [1.29, 1.82) is 0 Å². The van der Waals surface area contributed by atoms with E-state index in [9.17, 15) is 9.59 Å². The van der Waals surface area contributed by atoms with Crippen LogP contribution in [0.2, 0.25) is 0 Å². The Kier molecular flexibility index (Phi) is 6.92. The average molecular weight is 426 g/mol. The molecular weight excluding hydrogens is 398 g/mol. The van der Waals surface area contributed by atoms with Crippen molar-refractivity contribution in [1.82, 2.24) is 15.5 Å². The summed E-state index contributed by atoms with van der Waals surface area (Å²) in [5, 5.41) is 6.34. The van der Waals surface area contributed by atoms with Crippen LogP contribution in [0.3, 0.4) is 0 Å². The molecular formula is C23H27N3O3S. The van der Waals surface area contributed by atoms with E-state index in [4.69, 9.17) is 4.74 Å². The van der Waals surface area contributed by atoms with Gasteiger partial charge in [-0.3, -0.25) is 9.59 Å². The van der Waals surface area contributed by atoms with Crippen LogP contribution < -0.4 is 15.4 Å². The zero-order valence-electron chi connectivity index (χ0n) is 16.9. The maximum absolute atomic E-state index is 12.6. The molecule has 0 aliphatic carbocycles.